The molecule has 20 heavy (non-hydrogen) atoms. The molecule has 1 fully saturated rings. The van der Waals surface area contributed by atoms with Crippen LogP contribution < -0.4 is 11.1 Å². The molecule has 0 aliphatic heterocycles. The Kier molecular flexibility index (Phi) is 4.62. The fourth-order valence-electron chi connectivity index (χ4n) is 2.01. The SMILES string of the molecule is Cl.NCCCC(=O)Nc1ccc2oc(C3CC3)nc2c1. The number of rotatable bonds is 5. The highest BCUT2D eigenvalue weighted by Crippen LogP contribution is 2.40. The van der Waals surface area contributed by atoms with Gasteiger partial charge in [-0.05, 0) is 44.0 Å². The van der Waals surface area contributed by atoms with Crippen LogP contribution in [-0.4, -0.2) is 17.4 Å². The van der Waals surface area contributed by atoms with E-state index >= 15 is 0 Å². The number of carbonyl (C=O) groups is 1. The van der Waals surface area contributed by atoms with Crippen molar-refractivity contribution in [3.05, 3.63) is 24.1 Å². The molecule has 1 heterocycles. The predicted octanol–water partition coefficient (Wildman–Crippen LogP) is 2.80. The molecule has 5 nitrogen and oxygen atoms in total. The molecular formula is C14H18ClN3O2. The Hall–Kier alpha value is -1.59. The first kappa shape index (κ1) is 14.8. The van der Waals surface area contributed by atoms with E-state index < -0.39 is 0 Å². The van der Waals surface area contributed by atoms with E-state index in [0.717, 1.165) is 35.5 Å². The van der Waals surface area contributed by atoms with E-state index in [1.807, 2.05) is 18.2 Å². The number of nitrogens with two attached hydrogens (primary N) is 1. The molecule has 3 rings (SSSR count). The zero-order valence-corrected chi connectivity index (χ0v) is 11.9. The number of nitrogens with one attached hydrogen (secondary N) is 1. The minimum absolute atomic E-state index is 0. The zero-order chi connectivity index (χ0) is 13.2. The Balaban J connectivity index is 0.00000147. The third kappa shape index (κ3) is 3.29. The van der Waals surface area contributed by atoms with Gasteiger partial charge in [0.15, 0.2) is 11.5 Å². The fraction of sp³-hybridized carbons (Fsp3) is 0.429. The standard InChI is InChI=1S/C14H17N3O2.ClH/c15-7-1-2-13(18)16-10-5-6-12-11(8-10)17-14(19-12)9-3-4-9;/h5-6,8-9H,1-4,7,15H2,(H,16,18);1H. The maximum Gasteiger partial charge on any atom is 0.224 e. The summed E-state index contributed by atoms with van der Waals surface area (Å²) in [5, 5.41) is 2.85. The van der Waals surface area contributed by atoms with Crippen LogP contribution in [0.15, 0.2) is 22.6 Å². The van der Waals surface area contributed by atoms with Crippen LogP contribution in [-0.2, 0) is 4.79 Å². The van der Waals surface area contributed by atoms with Crippen LogP contribution in [0.25, 0.3) is 11.1 Å². The minimum Gasteiger partial charge on any atom is -0.440 e. The summed E-state index contributed by atoms with van der Waals surface area (Å²) < 4.78 is 5.68. The van der Waals surface area contributed by atoms with E-state index in [-0.39, 0.29) is 18.3 Å². The Morgan fingerprint density at radius 1 is 1.45 bits per heavy atom. The summed E-state index contributed by atoms with van der Waals surface area (Å²) in [6, 6.07) is 5.54. The molecule has 1 aliphatic rings. The van der Waals surface area contributed by atoms with Gasteiger partial charge >= 0.3 is 0 Å². The molecule has 1 amide bonds. The predicted molar refractivity (Wildman–Crippen MR) is 80.2 cm³/mol. The monoisotopic (exact) mass is 295 g/mol. The van der Waals surface area contributed by atoms with Crippen LogP contribution in [0.5, 0.6) is 0 Å². The molecule has 108 valence electrons. The van der Waals surface area contributed by atoms with Gasteiger partial charge in [0.05, 0.1) is 0 Å². The van der Waals surface area contributed by atoms with Crippen LogP contribution in [0, 0.1) is 0 Å². The van der Waals surface area contributed by atoms with Gasteiger partial charge in [0, 0.05) is 18.0 Å². The van der Waals surface area contributed by atoms with E-state index in [1.165, 1.54) is 0 Å². The normalized spacial score (nSPS) is 14.1. The van der Waals surface area contributed by atoms with E-state index in [0.29, 0.717) is 25.3 Å². The first-order chi connectivity index (χ1) is 9.26. The molecular weight excluding hydrogens is 278 g/mol. The average Bonchev–Trinajstić information content (AvgIpc) is 3.16. The summed E-state index contributed by atoms with van der Waals surface area (Å²) in [6.07, 6.45) is 3.47. The highest BCUT2D eigenvalue weighted by Gasteiger charge is 2.28. The van der Waals surface area contributed by atoms with Crippen molar-refractivity contribution < 1.29 is 9.21 Å². The topological polar surface area (TPSA) is 81.2 Å². The maximum absolute atomic E-state index is 11.6. The van der Waals surface area contributed by atoms with Gasteiger partial charge in [-0.25, -0.2) is 4.98 Å². The number of amides is 1. The second-order valence-corrected chi connectivity index (χ2v) is 4.95. The van der Waals surface area contributed by atoms with E-state index in [4.69, 9.17) is 10.2 Å². The summed E-state index contributed by atoms with van der Waals surface area (Å²) in [5.74, 6) is 1.30. The molecule has 0 spiro atoms. The summed E-state index contributed by atoms with van der Waals surface area (Å²) >= 11 is 0. The summed E-state index contributed by atoms with van der Waals surface area (Å²) in [5.41, 5.74) is 7.72. The molecule has 1 aromatic heterocycles. The number of fused-ring (bicyclic) bond motifs is 1. The molecule has 0 saturated heterocycles. The van der Waals surface area contributed by atoms with Gasteiger partial charge in [0.2, 0.25) is 5.91 Å². The van der Waals surface area contributed by atoms with Gasteiger partial charge < -0.3 is 15.5 Å². The zero-order valence-electron chi connectivity index (χ0n) is 11.1. The second-order valence-electron chi connectivity index (χ2n) is 4.95. The van der Waals surface area contributed by atoms with Crippen LogP contribution in [0.3, 0.4) is 0 Å². The number of hydrogen-bond acceptors (Lipinski definition) is 4. The van der Waals surface area contributed by atoms with Crippen molar-refractivity contribution in [3.63, 3.8) is 0 Å². The molecule has 0 atom stereocenters. The second kappa shape index (κ2) is 6.24. The van der Waals surface area contributed by atoms with E-state index in [2.05, 4.69) is 10.3 Å². The molecule has 0 bridgehead atoms. The van der Waals surface area contributed by atoms with Gasteiger partial charge in [-0.3, -0.25) is 4.79 Å². The smallest absolute Gasteiger partial charge is 0.224 e. The van der Waals surface area contributed by atoms with Crippen LogP contribution in [0.4, 0.5) is 5.69 Å². The van der Waals surface area contributed by atoms with Gasteiger partial charge in [-0.1, -0.05) is 0 Å². The number of carbonyl (C=O) groups excluding carboxylic acids is 1. The van der Waals surface area contributed by atoms with Crippen LogP contribution in [0.1, 0.15) is 37.5 Å². The summed E-state index contributed by atoms with van der Waals surface area (Å²) in [7, 11) is 0. The number of oxazole rings is 1. The average molecular weight is 296 g/mol. The molecule has 0 unspecified atom stereocenters. The highest BCUT2D eigenvalue weighted by molar-refractivity contribution is 5.92. The Morgan fingerprint density at radius 2 is 2.25 bits per heavy atom. The Labute approximate surface area is 123 Å². The lowest BCUT2D eigenvalue weighted by Gasteiger charge is -2.03. The lowest BCUT2D eigenvalue weighted by Crippen LogP contribution is -2.13. The third-order valence-corrected chi connectivity index (χ3v) is 3.22. The van der Waals surface area contributed by atoms with Crippen molar-refractivity contribution in [2.45, 2.75) is 31.6 Å². The van der Waals surface area contributed by atoms with Gasteiger partial charge in [0.25, 0.3) is 0 Å². The van der Waals surface area contributed by atoms with Crippen LogP contribution >= 0.6 is 12.4 Å². The first-order valence-corrected chi connectivity index (χ1v) is 6.66. The lowest BCUT2D eigenvalue weighted by atomic mass is 10.2. The van der Waals surface area contributed by atoms with Crippen molar-refractivity contribution in [1.29, 1.82) is 0 Å². The summed E-state index contributed by atoms with van der Waals surface area (Å²) in [4.78, 5) is 16.1. The van der Waals surface area contributed by atoms with Crippen molar-refractivity contribution in [2.24, 2.45) is 5.73 Å². The molecule has 2 aromatic rings. The fourth-order valence-corrected chi connectivity index (χ4v) is 2.01. The highest BCUT2D eigenvalue weighted by atomic mass is 35.5. The molecule has 1 aromatic carbocycles. The molecule has 6 heteroatoms. The van der Waals surface area contributed by atoms with Crippen LogP contribution in [0.2, 0.25) is 0 Å². The van der Waals surface area contributed by atoms with Gasteiger partial charge in [-0.15, -0.1) is 12.4 Å². The molecule has 0 radical (unpaired) electrons. The number of nitrogens with zero attached hydrogens (tertiary/aromatic N) is 1. The van der Waals surface area contributed by atoms with E-state index in [1.54, 1.807) is 0 Å². The van der Waals surface area contributed by atoms with Crippen molar-refractivity contribution in [1.82, 2.24) is 4.98 Å². The summed E-state index contributed by atoms with van der Waals surface area (Å²) in [6.45, 7) is 0.528. The van der Waals surface area contributed by atoms with Crippen molar-refractivity contribution in [3.8, 4) is 0 Å². The quantitative estimate of drug-likeness (QED) is 0.888. The number of benzene rings is 1. The van der Waals surface area contributed by atoms with Crippen molar-refractivity contribution in [2.75, 3.05) is 11.9 Å². The van der Waals surface area contributed by atoms with Crippen molar-refractivity contribution >= 4 is 35.1 Å². The molecule has 1 aliphatic carbocycles. The largest absolute Gasteiger partial charge is 0.440 e. The number of halogens is 1. The number of anilines is 1. The Bertz CT molecular complexity index is 607. The third-order valence-electron chi connectivity index (χ3n) is 3.22. The van der Waals surface area contributed by atoms with Gasteiger partial charge in [-0.2, -0.15) is 0 Å². The van der Waals surface area contributed by atoms with Gasteiger partial charge in [0.1, 0.15) is 5.52 Å². The number of hydrogen-bond donors (Lipinski definition) is 2. The maximum atomic E-state index is 11.6. The minimum atomic E-state index is -0.0179. The first-order valence-electron chi connectivity index (χ1n) is 6.66. The molecule has 1 saturated carbocycles. The molecule has 3 N–H and O–H groups in total. The van der Waals surface area contributed by atoms with E-state index in [9.17, 15) is 4.79 Å². The lowest BCUT2D eigenvalue weighted by molar-refractivity contribution is -0.116. The number of aromatic nitrogens is 1. The Morgan fingerprint density at radius 3 is 2.95 bits per heavy atom.